The van der Waals surface area contributed by atoms with E-state index in [-0.39, 0.29) is 18.2 Å². The minimum atomic E-state index is -0.840. The van der Waals surface area contributed by atoms with Crippen molar-refractivity contribution in [3.05, 3.63) is 17.5 Å². The number of nitriles is 1. The lowest BCUT2D eigenvalue weighted by atomic mass is 10.1. The lowest BCUT2D eigenvalue weighted by Crippen LogP contribution is -2.26. The molecule has 1 heterocycles. The van der Waals surface area contributed by atoms with Crippen molar-refractivity contribution in [1.82, 2.24) is 9.97 Å². The molecule has 0 saturated heterocycles. The molecule has 0 bridgehead atoms. The number of carbonyl (C=O) groups is 1. The highest BCUT2D eigenvalue weighted by Gasteiger charge is 2.33. The van der Waals surface area contributed by atoms with Crippen LogP contribution in [0.1, 0.15) is 30.7 Å². The summed E-state index contributed by atoms with van der Waals surface area (Å²) in [6.07, 6.45) is 2.10. The molecular formula is C12H14N4O2. The van der Waals surface area contributed by atoms with E-state index in [1.165, 1.54) is 0 Å². The molecule has 6 nitrogen and oxygen atoms in total. The van der Waals surface area contributed by atoms with Gasteiger partial charge >= 0.3 is 5.97 Å². The first-order valence-corrected chi connectivity index (χ1v) is 5.82. The summed E-state index contributed by atoms with van der Waals surface area (Å²) in [5.41, 5.74) is 0.976. The third-order valence-corrected chi connectivity index (χ3v) is 2.87. The second-order valence-corrected chi connectivity index (χ2v) is 4.52. The van der Waals surface area contributed by atoms with E-state index in [4.69, 9.17) is 10.4 Å². The summed E-state index contributed by atoms with van der Waals surface area (Å²) < 4.78 is 0. The maximum Gasteiger partial charge on any atom is 0.305 e. The van der Waals surface area contributed by atoms with Gasteiger partial charge < -0.3 is 10.4 Å². The van der Waals surface area contributed by atoms with Gasteiger partial charge in [-0.25, -0.2) is 9.97 Å². The Bertz CT molecular complexity index is 505. The Balaban J connectivity index is 2.13. The molecule has 94 valence electrons. The predicted molar refractivity (Wildman–Crippen MR) is 63.9 cm³/mol. The average Bonchev–Trinajstić information content (AvgIpc) is 3.10. The molecule has 0 aliphatic heterocycles. The first-order chi connectivity index (χ1) is 8.58. The molecule has 2 N–H and O–H groups in total. The topological polar surface area (TPSA) is 98.9 Å². The molecular weight excluding hydrogens is 232 g/mol. The summed E-state index contributed by atoms with van der Waals surface area (Å²) in [5.74, 6) is -0.131. The fourth-order valence-corrected chi connectivity index (χ4v) is 1.88. The highest BCUT2D eigenvalue weighted by molar-refractivity contribution is 5.68. The average molecular weight is 246 g/mol. The lowest BCUT2D eigenvalue weighted by molar-refractivity contribution is -0.137. The zero-order chi connectivity index (χ0) is 13.1. The van der Waals surface area contributed by atoms with Crippen LogP contribution in [0.2, 0.25) is 0 Å². The van der Waals surface area contributed by atoms with E-state index in [2.05, 4.69) is 15.3 Å². The summed E-state index contributed by atoms with van der Waals surface area (Å²) in [4.78, 5) is 19.0. The van der Waals surface area contributed by atoms with E-state index in [1.807, 2.05) is 6.07 Å². The minimum absolute atomic E-state index is 0.0455. The maximum absolute atomic E-state index is 10.8. The zero-order valence-corrected chi connectivity index (χ0v) is 10.1. The van der Waals surface area contributed by atoms with E-state index < -0.39 is 5.97 Å². The molecule has 1 atom stereocenters. The molecule has 1 aromatic rings. The fourth-order valence-electron chi connectivity index (χ4n) is 1.88. The largest absolute Gasteiger partial charge is 0.481 e. The van der Waals surface area contributed by atoms with Gasteiger partial charge in [0, 0.05) is 11.7 Å². The molecule has 1 unspecified atom stereocenters. The Morgan fingerprint density at radius 2 is 2.39 bits per heavy atom. The van der Waals surface area contributed by atoms with Crippen molar-refractivity contribution in [3.63, 3.8) is 0 Å². The number of aryl methyl sites for hydroxylation is 1. The van der Waals surface area contributed by atoms with Gasteiger partial charge in [0.05, 0.1) is 6.42 Å². The second kappa shape index (κ2) is 5.00. The summed E-state index contributed by atoms with van der Waals surface area (Å²) in [5, 5.41) is 20.7. The van der Waals surface area contributed by atoms with Crippen LogP contribution in [-0.4, -0.2) is 27.1 Å². The first kappa shape index (κ1) is 12.3. The van der Waals surface area contributed by atoms with Crippen molar-refractivity contribution >= 4 is 11.9 Å². The van der Waals surface area contributed by atoms with E-state index in [1.54, 1.807) is 13.0 Å². The van der Waals surface area contributed by atoms with Crippen molar-refractivity contribution in [3.8, 4) is 6.07 Å². The summed E-state index contributed by atoms with van der Waals surface area (Å²) in [6.45, 7) is 1.77. The van der Waals surface area contributed by atoms with Crippen LogP contribution in [0.25, 0.3) is 0 Å². The first-order valence-electron chi connectivity index (χ1n) is 5.82. The van der Waals surface area contributed by atoms with Gasteiger partial charge in [0.2, 0.25) is 5.95 Å². The number of anilines is 1. The van der Waals surface area contributed by atoms with Crippen LogP contribution in [0.3, 0.4) is 0 Å². The SMILES string of the molecule is Cc1cc(C#N)nc(NC(CC(=O)O)C2CC2)n1. The number of carboxylic acid groups (broad SMARTS) is 1. The predicted octanol–water partition coefficient (Wildman–Crippen LogP) is 1.32. The number of rotatable bonds is 5. The number of aliphatic carboxylic acids is 1. The second-order valence-electron chi connectivity index (χ2n) is 4.52. The van der Waals surface area contributed by atoms with Gasteiger partial charge in [-0.1, -0.05) is 0 Å². The van der Waals surface area contributed by atoms with Crippen molar-refractivity contribution in [2.24, 2.45) is 5.92 Å². The third-order valence-electron chi connectivity index (χ3n) is 2.87. The third kappa shape index (κ3) is 3.17. The summed E-state index contributed by atoms with van der Waals surface area (Å²) in [7, 11) is 0. The number of hydrogen-bond acceptors (Lipinski definition) is 5. The molecule has 6 heteroatoms. The van der Waals surface area contributed by atoms with E-state index in [0.29, 0.717) is 17.6 Å². The Morgan fingerprint density at radius 3 is 2.94 bits per heavy atom. The van der Waals surface area contributed by atoms with Gasteiger partial charge in [-0.3, -0.25) is 4.79 Å². The van der Waals surface area contributed by atoms with Crippen LogP contribution in [0.4, 0.5) is 5.95 Å². The van der Waals surface area contributed by atoms with Gasteiger partial charge in [-0.15, -0.1) is 0 Å². The molecule has 2 rings (SSSR count). The quantitative estimate of drug-likeness (QED) is 0.813. The Kier molecular flexibility index (Phi) is 3.42. The summed E-state index contributed by atoms with van der Waals surface area (Å²) >= 11 is 0. The van der Waals surface area contributed by atoms with Gasteiger partial charge in [0.15, 0.2) is 0 Å². The number of hydrogen-bond donors (Lipinski definition) is 2. The monoisotopic (exact) mass is 246 g/mol. The van der Waals surface area contributed by atoms with Crippen LogP contribution in [0.5, 0.6) is 0 Å². The number of nitrogens with one attached hydrogen (secondary N) is 1. The smallest absolute Gasteiger partial charge is 0.305 e. The highest BCUT2D eigenvalue weighted by atomic mass is 16.4. The molecule has 1 aliphatic rings. The highest BCUT2D eigenvalue weighted by Crippen LogP contribution is 2.35. The van der Waals surface area contributed by atoms with Crippen LogP contribution < -0.4 is 5.32 Å². The maximum atomic E-state index is 10.8. The van der Waals surface area contributed by atoms with Gasteiger partial charge in [-0.05, 0) is 31.7 Å². The minimum Gasteiger partial charge on any atom is -0.481 e. The normalized spacial score (nSPS) is 15.8. The van der Waals surface area contributed by atoms with Gasteiger partial charge in [0.25, 0.3) is 0 Å². The lowest BCUT2D eigenvalue weighted by Gasteiger charge is -2.16. The number of aromatic nitrogens is 2. The standard InChI is InChI=1S/C12H14N4O2/c1-7-4-9(6-13)15-12(14-7)16-10(5-11(17)18)8-2-3-8/h4,8,10H,2-3,5H2,1H3,(H,17,18)(H,14,15,16). The molecule has 0 spiro atoms. The van der Waals surface area contributed by atoms with Crippen LogP contribution in [-0.2, 0) is 4.79 Å². The molecule has 0 radical (unpaired) electrons. The number of nitrogens with zero attached hydrogens (tertiary/aromatic N) is 3. The molecule has 1 aromatic heterocycles. The Morgan fingerprint density at radius 1 is 1.67 bits per heavy atom. The van der Waals surface area contributed by atoms with Crippen molar-refractivity contribution in [2.75, 3.05) is 5.32 Å². The van der Waals surface area contributed by atoms with Crippen molar-refractivity contribution in [1.29, 1.82) is 5.26 Å². The summed E-state index contributed by atoms with van der Waals surface area (Å²) in [6, 6.07) is 3.39. The van der Waals surface area contributed by atoms with Crippen LogP contribution >= 0.6 is 0 Å². The Hall–Kier alpha value is -2.16. The number of carboxylic acids is 1. The van der Waals surface area contributed by atoms with E-state index >= 15 is 0 Å². The molecule has 0 amide bonds. The molecule has 0 aromatic carbocycles. The Labute approximate surface area is 105 Å². The van der Waals surface area contributed by atoms with Gasteiger partial charge in [-0.2, -0.15) is 5.26 Å². The van der Waals surface area contributed by atoms with Crippen molar-refractivity contribution < 1.29 is 9.90 Å². The van der Waals surface area contributed by atoms with Crippen molar-refractivity contribution in [2.45, 2.75) is 32.2 Å². The van der Waals surface area contributed by atoms with Crippen LogP contribution in [0, 0.1) is 24.2 Å². The van der Waals surface area contributed by atoms with Crippen LogP contribution in [0.15, 0.2) is 6.07 Å². The van der Waals surface area contributed by atoms with E-state index in [9.17, 15) is 4.79 Å². The zero-order valence-electron chi connectivity index (χ0n) is 10.1. The van der Waals surface area contributed by atoms with E-state index in [0.717, 1.165) is 12.8 Å². The molecule has 18 heavy (non-hydrogen) atoms. The van der Waals surface area contributed by atoms with Gasteiger partial charge in [0.1, 0.15) is 11.8 Å². The molecule has 1 aliphatic carbocycles. The fraction of sp³-hybridized carbons (Fsp3) is 0.500. The molecule has 1 saturated carbocycles. The molecule has 1 fully saturated rings.